The summed E-state index contributed by atoms with van der Waals surface area (Å²) >= 11 is 5.27. The van der Waals surface area contributed by atoms with Gasteiger partial charge in [-0.05, 0) is 55.0 Å². The maximum Gasteiger partial charge on any atom is 0.257 e. The van der Waals surface area contributed by atoms with Crippen LogP contribution in [-0.2, 0) is 0 Å². The van der Waals surface area contributed by atoms with E-state index in [0.29, 0.717) is 30.2 Å². The molecule has 2 N–H and O–H groups in total. The molecule has 0 radical (unpaired) electrons. The minimum atomic E-state index is -0.289. The van der Waals surface area contributed by atoms with Gasteiger partial charge in [0.25, 0.3) is 5.91 Å². The zero-order valence-corrected chi connectivity index (χ0v) is 18.3. The van der Waals surface area contributed by atoms with Crippen LogP contribution >= 0.6 is 12.2 Å². The molecule has 0 spiro atoms. The van der Waals surface area contributed by atoms with E-state index in [1.807, 2.05) is 24.3 Å². The summed E-state index contributed by atoms with van der Waals surface area (Å²) in [6.45, 7) is 6.91. The van der Waals surface area contributed by atoms with Gasteiger partial charge in [0.15, 0.2) is 5.11 Å². The van der Waals surface area contributed by atoms with Crippen molar-refractivity contribution in [1.29, 1.82) is 0 Å². The van der Waals surface area contributed by atoms with Crippen molar-refractivity contribution in [2.45, 2.75) is 39.0 Å². The number of ether oxygens (including phenoxy) is 2. The van der Waals surface area contributed by atoms with Crippen molar-refractivity contribution in [3.63, 3.8) is 0 Å². The van der Waals surface area contributed by atoms with Crippen molar-refractivity contribution in [3.05, 3.63) is 66.7 Å². The Bertz CT molecular complexity index is 821. The molecule has 6 heteroatoms. The number of anilines is 1. The summed E-state index contributed by atoms with van der Waals surface area (Å²) in [5, 5.41) is 5.88. The largest absolute Gasteiger partial charge is 0.494 e. The van der Waals surface area contributed by atoms with E-state index in [1.165, 1.54) is 25.7 Å². The third-order valence-corrected chi connectivity index (χ3v) is 4.56. The lowest BCUT2D eigenvalue weighted by Crippen LogP contribution is -2.34. The van der Waals surface area contributed by atoms with E-state index >= 15 is 0 Å². The molecule has 1 amide bonds. The van der Waals surface area contributed by atoms with Gasteiger partial charge in [0.1, 0.15) is 18.1 Å². The second-order valence-corrected chi connectivity index (χ2v) is 7.20. The number of rotatable bonds is 12. The minimum absolute atomic E-state index is 0.196. The minimum Gasteiger partial charge on any atom is -0.494 e. The van der Waals surface area contributed by atoms with Crippen LogP contribution in [0.15, 0.2) is 61.2 Å². The van der Waals surface area contributed by atoms with Crippen LogP contribution < -0.4 is 20.1 Å². The molecule has 0 saturated heterocycles. The van der Waals surface area contributed by atoms with E-state index < -0.39 is 0 Å². The monoisotopic (exact) mass is 426 g/mol. The van der Waals surface area contributed by atoms with Gasteiger partial charge in [0.2, 0.25) is 0 Å². The van der Waals surface area contributed by atoms with Crippen LogP contribution in [0.5, 0.6) is 11.5 Å². The molecule has 0 bridgehead atoms. The van der Waals surface area contributed by atoms with Crippen LogP contribution in [0, 0.1) is 0 Å². The lowest BCUT2D eigenvalue weighted by molar-refractivity contribution is 0.0977. The van der Waals surface area contributed by atoms with E-state index in [0.717, 1.165) is 12.2 Å². The molecule has 0 aliphatic carbocycles. The van der Waals surface area contributed by atoms with Crippen LogP contribution in [0.2, 0.25) is 0 Å². The Morgan fingerprint density at radius 2 is 1.77 bits per heavy atom. The highest BCUT2D eigenvalue weighted by atomic mass is 32.1. The van der Waals surface area contributed by atoms with Gasteiger partial charge < -0.3 is 14.8 Å². The van der Waals surface area contributed by atoms with E-state index in [-0.39, 0.29) is 11.0 Å². The summed E-state index contributed by atoms with van der Waals surface area (Å²) in [4.78, 5) is 12.5. The fourth-order valence-electron chi connectivity index (χ4n) is 2.77. The molecule has 2 aromatic rings. The lowest BCUT2D eigenvalue weighted by atomic mass is 10.2. The van der Waals surface area contributed by atoms with Crippen LogP contribution in [0.4, 0.5) is 5.69 Å². The maximum absolute atomic E-state index is 12.5. The number of amides is 1. The average Bonchev–Trinajstić information content (AvgIpc) is 2.76. The van der Waals surface area contributed by atoms with E-state index in [4.69, 9.17) is 21.7 Å². The number of carbonyl (C=O) groups is 1. The molecule has 30 heavy (non-hydrogen) atoms. The summed E-state index contributed by atoms with van der Waals surface area (Å²) in [5.74, 6) is 1.10. The smallest absolute Gasteiger partial charge is 0.257 e. The highest BCUT2D eigenvalue weighted by molar-refractivity contribution is 7.80. The summed E-state index contributed by atoms with van der Waals surface area (Å²) < 4.78 is 11.3. The molecule has 0 aromatic heterocycles. The standard InChI is InChI=1S/C24H30N2O3S/c1-3-5-6-7-10-18-28-20-15-13-19(14-16-20)23(27)26-24(30)25-21-11-8-9-12-22(21)29-17-4-2/h4,8-9,11-16H,2-3,5-7,10,17-18H2,1H3,(H2,25,26,27,30). The molecule has 160 valence electrons. The molecule has 0 aliphatic heterocycles. The van der Waals surface area contributed by atoms with Gasteiger partial charge >= 0.3 is 0 Å². The first-order valence-electron chi connectivity index (χ1n) is 10.3. The van der Waals surface area contributed by atoms with Crippen molar-refractivity contribution in [3.8, 4) is 11.5 Å². The lowest BCUT2D eigenvalue weighted by Gasteiger charge is -2.13. The Labute approximate surface area is 184 Å². The van der Waals surface area contributed by atoms with Crippen molar-refractivity contribution >= 4 is 28.9 Å². The average molecular weight is 427 g/mol. The summed E-state index contributed by atoms with van der Waals surface area (Å²) in [6.07, 6.45) is 7.64. The molecule has 0 heterocycles. The topological polar surface area (TPSA) is 59.6 Å². The van der Waals surface area contributed by atoms with Gasteiger partial charge in [-0.25, -0.2) is 0 Å². The first kappa shape index (κ1) is 23.4. The van der Waals surface area contributed by atoms with Gasteiger partial charge in [-0.15, -0.1) is 0 Å². The highest BCUT2D eigenvalue weighted by Gasteiger charge is 2.10. The van der Waals surface area contributed by atoms with E-state index in [2.05, 4.69) is 24.1 Å². The van der Waals surface area contributed by atoms with Gasteiger partial charge in [-0.3, -0.25) is 10.1 Å². The normalized spacial score (nSPS) is 10.2. The van der Waals surface area contributed by atoms with Crippen molar-refractivity contribution in [2.75, 3.05) is 18.5 Å². The van der Waals surface area contributed by atoms with Crippen molar-refractivity contribution < 1.29 is 14.3 Å². The predicted molar refractivity (Wildman–Crippen MR) is 127 cm³/mol. The Balaban J connectivity index is 1.81. The highest BCUT2D eigenvalue weighted by Crippen LogP contribution is 2.23. The quantitative estimate of drug-likeness (QED) is 0.258. The summed E-state index contributed by atoms with van der Waals surface area (Å²) in [5.41, 5.74) is 1.18. The number of para-hydroxylation sites is 2. The maximum atomic E-state index is 12.5. The molecule has 2 aromatic carbocycles. The Kier molecular flexibility index (Phi) is 10.4. The van der Waals surface area contributed by atoms with Crippen molar-refractivity contribution in [1.82, 2.24) is 5.32 Å². The Morgan fingerprint density at radius 3 is 2.50 bits per heavy atom. The SMILES string of the molecule is C=CCOc1ccccc1NC(=S)NC(=O)c1ccc(OCCCCCCC)cc1. The van der Waals surface area contributed by atoms with E-state index in [1.54, 1.807) is 30.3 Å². The second kappa shape index (κ2) is 13.4. The van der Waals surface area contributed by atoms with Gasteiger partial charge in [-0.2, -0.15) is 0 Å². The number of hydrogen-bond acceptors (Lipinski definition) is 4. The molecule has 2 rings (SSSR count). The summed E-state index contributed by atoms with van der Waals surface area (Å²) in [6, 6.07) is 14.4. The van der Waals surface area contributed by atoms with Crippen LogP contribution in [0.3, 0.4) is 0 Å². The second-order valence-electron chi connectivity index (χ2n) is 6.79. The zero-order valence-electron chi connectivity index (χ0n) is 17.5. The number of nitrogens with one attached hydrogen (secondary N) is 2. The number of carbonyl (C=O) groups excluding carboxylic acids is 1. The molecule has 0 atom stereocenters. The Morgan fingerprint density at radius 1 is 1.03 bits per heavy atom. The number of unbranched alkanes of at least 4 members (excludes halogenated alkanes) is 4. The van der Waals surface area contributed by atoms with Gasteiger partial charge in [0, 0.05) is 5.56 Å². The van der Waals surface area contributed by atoms with Gasteiger partial charge in [0.05, 0.1) is 12.3 Å². The zero-order chi connectivity index (χ0) is 21.6. The first-order valence-corrected chi connectivity index (χ1v) is 10.7. The third kappa shape index (κ3) is 8.25. The fourth-order valence-corrected chi connectivity index (χ4v) is 2.97. The number of benzene rings is 2. The molecule has 0 fully saturated rings. The molecule has 0 unspecified atom stereocenters. The van der Waals surface area contributed by atoms with Crippen LogP contribution in [0.1, 0.15) is 49.4 Å². The van der Waals surface area contributed by atoms with E-state index in [9.17, 15) is 4.79 Å². The van der Waals surface area contributed by atoms with Gasteiger partial charge in [-0.1, -0.05) is 57.4 Å². The number of thiocarbonyl (C=S) groups is 1. The van der Waals surface area contributed by atoms with Crippen LogP contribution in [0.25, 0.3) is 0 Å². The number of hydrogen-bond donors (Lipinski definition) is 2. The predicted octanol–water partition coefficient (Wildman–Crippen LogP) is 5.73. The van der Waals surface area contributed by atoms with Crippen molar-refractivity contribution in [2.24, 2.45) is 0 Å². The molecular weight excluding hydrogens is 396 g/mol. The third-order valence-electron chi connectivity index (χ3n) is 4.35. The molecule has 0 saturated carbocycles. The molecule has 0 aliphatic rings. The molecule has 5 nitrogen and oxygen atoms in total. The summed E-state index contributed by atoms with van der Waals surface area (Å²) in [7, 11) is 0. The van der Waals surface area contributed by atoms with Crippen LogP contribution in [-0.4, -0.2) is 24.2 Å². The molecular formula is C24H30N2O3S. The fraction of sp³-hybridized carbons (Fsp3) is 0.333. The Hall–Kier alpha value is -2.86. The first-order chi connectivity index (χ1) is 14.6.